The molecule has 0 bridgehead atoms. The van der Waals surface area contributed by atoms with Crippen molar-refractivity contribution in [3.63, 3.8) is 0 Å². The summed E-state index contributed by atoms with van der Waals surface area (Å²) in [5, 5.41) is 3.48. The standard InChI is InChI=1S/C12H8Cl3N3O/c13-7-4-9(15)10(5-8(7)14)18-12(19)11-3-6(16)1-2-17-11/h1-5H,(H2,16,17)(H,18,19). The summed E-state index contributed by atoms with van der Waals surface area (Å²) in [6.45, 7) is 0. The number of carbonyl (C=O) groups is 1. The van der Waals surface area contributed by atoms with Crippen molar-refractivity contribution >= 4 is 52.1 Å². The SMILES string of the molecule is Nc1ccnc(C(=O)Nc2cc(Cl)c(Cl)cc2Cl)c1. The van der Waals surface area contributed by atoms with Crippen LogP contribution >= 0.6 is 34.8 Å². The molecule has 1 aromatic carbocycles. The fourth-order valence-corrected chi connectivity index (χ4v) is 1.97. The molecule has 2 rings (SSSR count). The van der Waals surface area contributed by atoms with Crippen molar-refractivity contribution in [1.29, 1.82) is 0 Å². The molecule has 0 unspecified atom stereocenters. The van der Waals surface area contributed by atoms with E-state index in [1.54, 1.807) is 6.07 Å². The Morgan fingerprint density at radius 2 is 1.79 bits per heavy atom. The third kappa shape index (κ3) is 3.29. The van der Waals surface area contributed by atoms with Crippen LogP contribution in [0.1, 0.15) is 10.5 Å². The van der Waals surface area contributed by atoms with Crippen LogP contribution in [0.25, 0.3) is 0 Å². The van der Waals surface area contributed by atoms with Gasteiger partial charge in [0.15, 0.2) is 0 Å². The molecule has 0 saturated heterocycles. The molecule has 4 nitrogen and oxygen atoms in total. The topological polar surface area (TPSA) is 68.0 Å². The molecule has 0 fully saturated rings. The number of nitrogens with one attached hydrogen (secondary N) is 1. The maximum atomic E-state index is 12.0. The van der Waals surface area contributed by atoms with E-state index < -0.39 is 5.91 Å². The van der Waals surface area contributed by atoms with Crippen LogP contribution in [0.15, 0.2) is 30.5 Å². The van der Waals surface area contributed by atoms with Crippen molar-refractivity contribution in [3.05, 3.63) is 51.2 Å². The first-order valence-electron chi connectivity index (χ1n) is 5.15. The zero-order chi connectivity index (χ0) is 14.0. The Balaban J connectivity index is 2.27. The molecule has 3 N–H and O–H groups in total. The van der Waals surface area contributed by atoms with Gasteiger partial charge in [-0.3, -0.25) is 9.78 Å². The molecule has 1 amide bonds. The molecule has 2 aromatic rings. The molecule has 0 saturated carbocycles. The van der Waals surface area contributed by atoms with Gasteiger partial charge in [-0.25, -0.2) is 0 Å². The highest BCUT2D eigenvalue weighted by atomic mass is 35.5. The van der Waals surface area contributed by atoms with E-state index in [1.165, 1.54) is 24.4 Å². The summed E-state index contributed by atoms with van der Waals surface area (Å²) in [7, 11) is 0. The number of halogens is 3. The Morgan fingerprint density at radius 3 is 2.47 bits per heavy atom. The number of amides is 1. The van der Waals surface area contributed by atoms with Gasteiger partial charge in [-0.15, -0.1) is 0 Å². The van der Waals surface area contributed by atoms with Crippen molar-refractivity contribution in [2.24, 2.45) is 0 Å². The first-order chi connectivity index (χ1) is 8.97. The molecule has 1 aromatic heterocycles. The first-order valence-corrected chi connectivity index (χ1v) is 6.28. The van der Waals surface area contributed by atoms with E-state index >= 15 is 0 Å². The number of nitrogens with zero attached hydrogens (tertiary/aromatic N) is 1. The summed E-state index contributed by atoms with van der Waals surface area (Å²) >= 11 is 17.6. The van der Waals surface area contributed by atoms with Gasteiger partial charge in [-0.1, -0.05) is 34.8 Å². The summed E-state index contributed by atoms with van der Waals surface area (Å²) in [5.74, 6) is -0.437. The van der Waals surface area contributed by atoms with E-state index in [4.69, 9.17) is 40.5 Å². The molecule has 1 heterocycles. The monoisotopic (exact) mass is 315 g/mol. The largest absolute Gasteiger partial charge is 0.399 e. The van der Waals surface area contributed by atoms with Crippen molar-refractivity contribution < 1.29 is 4.79 Å². The molecule has 0 aliphatic carbocycles. The quantitative estimate of drug-likeness (QED) is 0.826. The maximum absolute atomic E-state index is 12.0. The number of carbonyl (C=O) groups excluding carboxylic acids is 1. The average molecular weight is 317 g/mol. The highest BCUT2D eigenvalue weighted by Crippen LogP contribution is 2.32. The molecule has 0 aliphatic rings. The summed E-state index contributed by atoms with van der Waals surface area (Å²) in [5.41, 5.74) is 6.56. The maximum Gasteiger partial charge on any atom is 0.274 e. The lowest BCUT2D eigenvalue weighted by molar-refractivity contribution is 0.102. The van der Waals surface area contributed by atoms with Crippen LogP contribution < -0.4 is 11.1 Å². The van der Waals surface area contributed by atoms with Gasteiger partial charge in [0.1, 0.15) is 5.69 Å². The molecule has 0 atom stereocenters. The van der Waals surface area contributed by atoms with E-state index in [0.29, 0.717) is 21.4 Å². The molecular weight excluding hydrogens is 309 g/mol. The van der Waals surface area contributed by atoms with Gasteiger partial charge in [-0.2, -0.15) is 0 Å². The van der Waals surface area contributed by atoms with Gasteiger partial charge in [-0.05, 0) is 24.3 Å². The number of rotatable bonds is 2. The van der Waals surface area contributed by atoms with Gasteiger partial charge in [0.25, 0.3) is 5.91 Å². The number of nitrogens with two attached hydrogens (primary N) is 1. The lowest BCUT2D eigenvalue weighted by Crippen LogP contribution is -2.14. The van der Waals surface area contributed by atoms with Gasteiger partial charge < -0.3 is 11.1 Å². The minimum absolute atomic E-state index is 0.183. The third-order valence-electron chi connectivity index (χ3n) is 2.27. The van der Waals surface area contributed by atoms with Crippen LogP contribution in [0.3, 0.4) is 0 Å². The fourth-order valence-electron chi connectivity index (χ4n) is 1.38. The summed E-state index contributed by atoms with van der Waals surface area (Å²) in [4.78, 5) is 15.9. The average Bonchev–Trinajstić information content (AvgIpc) is 2.36. The highest BCUT2D eigenvalue weighted by molar-refractivity contribution is 6.44. The zero-order valence-electron chi connectivity index (χ0n) is 9.45. The minimum Gasteiger partial charge on any atom is -0.399 e. The molecule has 19 heavy (non-hydrogen) atoms. The van der Waals surface area contributed by atoms with Crippen molar-refractivity contribution in [2.75, 3.05) is 11.1 Å². The lowest BCUT2D eigenvalue weighted by atomic mass is 10.2. The Morgan fingerprint density at radius 1 is 1.11 bits per heavy atom. The Labute approximate surface area is 124 Å². The van der Waals surface area contributed by atoms with Crippen molar-refractivity contribution in [2.45, 2.75) is 0 Å². The fraction of sp³-hybridized carbons (Fsp3) is 0. The van der Waals surface area contributed by atoms with Crippen LogP contribution in [0, 0.1) is 0 Å². The Bertz CT molecular complexity index is 646. The molecule has 0 radical (unpaired) electrons. The van der Waals surface area contributed by atoms with Gasteiger partial charge >= 0.3 is 0 Å². The molecular formula is C12H8Cl3N3O. The Kier molecular flexibility index (Phi) is 4.14. The van der Waals surface area contributed by atoms with E-state index in [-0.39, 0.29) is 10.7 Å². The zero-order valence-corrected chi connectivity index (χ0v) is 11.7. The number of pyridine rings is 1. The second-order valence-electron chi connectivity index (χ2n) is 3.67. The number of nitrogen functional groups attached to an aromatic ring is 1. The second kappa shape index (κ2) is 5.65. The molecule has 7 heteroatoms. The predicted octanol–water partition coefficient (Wildman–Crippen LogP) is 3.88. The van der Waals surface area contributed by atoms with Crippen molar-refractivity contribution in [1.82, 2.24) is 4.98 Å². The van der Waals surface area contributed by atoms with E-state index in [0.717, 1.165) is 0 Å². The third-order valence-corrected chi connectivity index (χ3v) is 3.31. The van der Waals surface area contributed by atoms with Crippen LogP contribution in [0.5, 0.6) is 0 Å². The lowest BCUT2D eigenvalue weighted by Gasteiger charge is -2.08. The minimum atomic E-state index is -0.437. The van der Waals surface area contributed by atoms with E-state index in [9.17, 15) is 4.79 Å². The molecule has 0 spiro atoms. The number of benzene rings is 1. The van der Waals surface area contributed by atoms with Crippen LogP contribution in [-0.2, 0) is 0 Å². The molecule has 98 valence electrons. The summed E-state index contributed by atoms with van der Waals surface area (Å²) in [6, 6.07) is 5.97. The second-order valence-corrected chi connectivity index (χ2v) is 4.90. The normalized spacial score (nSPS) is 10.3. The first kappa shape index (κ1) is 13.9. The highest BCUT2D eigenvalue weighted by Gasteiger charge is 2.12. The summed E-state index contributed by atoms with van der Waals surface area (Å²) < 4.78 is 0. The van der Waals surface area contributed by atoms with Crippen LogP contribution in [0.4, 0.5) is 11.4 Å². The number of hydrogen-bond donors (Lipinski definition) is 2. The number of hydrogen-bond acceptors (Lipinski definition) is 3. The van der Waals surface area contributed by atoms with Gasteiger partial charge in [0, 0.05) is 11.9 Å². The van der Waals surface area contributed by atoms with Gasteiger partial charge in [0.2, 0.25) is 0 Å². The van der Waals surface area contributed by atoms with E-state index in [1.807, 2.05) is 0 Å². The number of aromatic nitrogens is 1. The number of anilines is 2. The predicted molar refractivity (Wildman–Crippen MR) is 78.1 cm³/mol. The molecule has 0 aliphatic heterocycles. The van der Waals surface area contributed by atoms with Crippen molar-refractivity contribution in [3.8, 4) is 0 Å². The van der Waals surface area contributed by atoms with Gasteiger partial charge in [0.05, 0.1) is 20.8 Å². The summed E-state index contributed by atoms with van der Waals surface area (Å²) in [6.07, 6.45) is 1.45. The Hall–Kier alpha value is -1.49. The smallest absolute Gasteiger partial charge is 0.274 e. The van der Waals surface area contributed by atoms with Crippen LogP contribution in [-0.4, -0.2) is 10.9 Å². The van der Waals surface area contributed by atoms with E-state index in [2.05, 4.69) is 10.3 Å². The van der Waals surface area contributed by atoms with Crippen LogP contribution in [0.2, 0.25) is 15.1 Å².